The van der Waals surface area contributed by atoms with E-state index >= 15 is 0 Å². The first-order chi connectivity index (χ1) is 19.6. The predicted molar refractivity (Wildman–Crippen MR) is 165 cm³/mol. The van der Waals surface area contributed by atoms with Gasteiger partial charge in [-0.15, -0.1) is 0 Å². The van der Waals surface area contributed by atoms with E-state index in [-0.39, 0.29) is 29.5 Å². The molecule has 0 unspecified atom stereocenters. The summed E-state index contributed by atoms with van der Waals surface area (Å²) in [6, 6.07) is 19.7. The number of carboxylic acids is 1. The molecule has 2 atom stereocenters. The van der Waals surface area contributed by atoms with Crippen molar-refractivity contribution in [2.45, 2.75) is 39.8 Å². The summed E-state index contributed by atoms with van der Waals surface area (Å²) >= 11 is 12.5. The number of thiocarbonyl (C=S) groups is 1. The minimum atomic E-state index is -0.967. The van der Waals surface area contributed by atoms with Gasteiger partial charge in [0, 0.05) is 34.9 Å². The summed E-state index contributed by atoms with van der Waals surface area (Å²) in [7, 11) is 0. The fourth-order valence-corrected chi connectivity index (χ4v) is 5.79. The van der Waals surface area contributed by atoms with E-state index in [1.54, 1.807) is 24.4 Å². The van der Waals surface area contributed by atoms with Crippen LogP contribution in [-0.2, 0) is 4.79 Å². The smallest absolute Gasteiger partial charge is 0.335 e. The van der Waals surface area contributed by atoms with Crippen LogP contribution >= 0.6 is 23.8 Å². The van der Waals surface area contributed by atoms with Gasteiger partial charge < -0.3 is 25.2 Å². The van der Waals surface area contributed by atoms with Crippen LogP contribution < -0.4 is 15.5 Å². The number of benzene rings is 2. The Morgan fingerprint density at radius 1 is 1.05 bits per heavy atom. The third-order valence-electron chi connectivity index (χ3n) is 7.27. The first kappa shape index (κ1) is 28.3. The fourth-order valence-electron chi connectivity index (χ4n) is 5.22. The lowest BCUT2D eigenvalue weighted by molar-refractivity contribution is -0.118. The van der Waals surface area contributed by atoms with E-state index in [1.807, 2.05) is 75.1 Å². The number of aryl methyl sites for hydroxylation is 1. The standard InChI is InChI=1S/C31H30ClN5O3S/c1-17(2)29(38)34-25-13-12-22(16-24(25)32)37-28(27(35-31(37)41)26-7-5-6-14-33-26)23-15-18(3)36(19(23)4)21-10-8-20(9-11-21)30(39)40/h5-17,27-28H,1-4H3,(H,34,38)(H,35,41)(H,39,40)/t27-,28-/m1/s1. The highest BCUT2D eigenvalue weighted by Gasteiger charge is 2.42. The summed E-state index contributed by atoms with van der Waals surface area (Å²) < 4.78 is 2.10. The van der Waals surface area contributed by atoms with Crippen LogP contribution in [0.3, 0.4) is 0 Å². The molecule has 1 aliphatic heterocycles. The predicted octanol–water partition coefficient (Wildman–Crippen LogP) is 6.61. The second-order valence-corrected chi connectivity index (χ2v) is 11.1. The van der Waals surface area contributed by atoms with Crippen LogP contribution in [0, 0.1) is 19.8 Å². The average Bonchev–Trinajstić information content (AvgIpc) is 3.44. The molecular weight excluding hydrogens is 558 g/mol. The summed E-state index contributed by atoms with van der Waals surface area (Å²) in [4.78, 5) is 30.4. The number of nitrogens with zero attached hydrogens (tertiary/aromatic N) is 3. The molecule has 10 heteroatoms. The molecule has 1 aliphatic rings. The first-order valence-electron chi connectivity index (χ1n) is 13.2. The molecule has 3 N–H and O–H groups in total. The number of hydrogen-bond donors (Lipinski definition) is 3. The number of anilines is 2. The Morgan fingerprint density at radius 3 is 2.37 bits per heavy atom. The van der Waals surface area contributed by atoms with Crippen LogP contribution in [0.25, 0.3) is 5.69 Å². The minimum absolute atomic E-state index is 0.116. The SMILES string of the molecule is Cc1cc([C@@H]2[C@@H](c3ccccn3)NC(=S)N2c2ccc(NC(=O)C(C)C)c(Cl)c2)c(C)n1-c1ccc(C(=O)O)cc1. The van der Waals surface area contributed by atoms with Gasteiger partial charge in [-0.2, -0.15) is 0 Å². The number of halogens is 1. The number of carboxylic acid groups (broad SMARTS) is 1. The third kappa shape index (κ3) is 5.42. The average molecular weight is 588 g/mol. The molecule has 5 rings (SSSR count). The number of aromatic nitrogens is 2. The van der Waals surface area contributed by atoms with Crippen molar-refractivity contribution in [1.82, 2.24) is 14.9 Å². The van der Waals surface area contributed by atoms with Gasteiger partial charge in [0.2, 0.25) is 5.91 Å². The number of carbonyl (C=O) groups is 2. The van der Waals surface area contributed by atoms with Gasteiger partial charge in [0.05, 0.1) is 34.1 Å². The van der Waals surface area contributed by atoms with E-state index in [0.29, 0.717) is 15.8 Å². The molecule has 0 aliphatic carbocycles. The van der Waals surface area contributed by atoms with Crippen molar-refractivity contribution in [2.24, 2.45) is 5.92 Å². The third-order valence-corrected chi connectivity index (χ3v) is 7.90. The van der Waals surface area contributed by atoms with Crippen LogP contribution in [0.1, 0.15) is 58.9 Å². The molecule has 1 amide bonds. The van der Waals surface area contributed by atoms with E-state index < -0.39 is 5.97 Å². The van der Waals surface area contributed by atoms with E-state index in [0.717, 1.165) is 34.0 Å². The molecule has 3 heterocycles. The zero-order chi connectivity index (χ0) is 29.4. The molecule has 2 aromatic heterocycles. The molecule has 8 nitrogen and oxygen atoms in total. The van der Waals surface area contributed by atoms with Crippen LogP contribution in [0.2, 0.25) is 5.02 Å². The van der Waals surface area contributed by atoms with Crippen molar-refractivity contribution in [3.63, 3.8) is 0 Å². The Kier molecular flexibility index (Phi) is 7.84. The van der Waals surface area contributed by atoms with Crippen LogP contribution in [0.5, 0.6) is 0 Å². The topological polar surface area (TPSA) is 99.5 Å². The summed E-state index contributed by atoms with van der Waals surface area (Å²) in [6.45, 7) is 7.71. The zero-order valence-electron chi connectivity index (χ0n) is 23.1. The van der Waals surface area contributed by atoms with E-state index in [2.05, 4.69) is 26.3 Å². The quantitative estimate of drug-likeness (QED) is 0.209. The molecule has 0 saturated carbocycles. The van der Waals surface area contributed by atoms with Crippen LogP contribution in [-0.4, -0.2) is 31.6 Å². The van der Waals surface area contributed by atoms with Crippen molar-refractivity contribution < 1.29 is 14.7 Å². The van der Waals surface area contributed by atoms with Crippen molar-refractivity contribution >= 4 is 52.2 Å². The highest BCUT2D eigenvalue weighted by Crippen LogP contribution is 2.44. The first-order valence-corrected chi connectivity index (χ1v) is 14.0. The molecule has 210 valence electrons. The molecular formula is C31H30ClN5O3S. The Hall–Kier alpha value is -4.21. The van der Waals surface area contributed by atoms with Gasteiger partial charge in [0.25, 0.3) is 0 Å². The second-order valence-electron chi connectivity index (χ2n) is 10.3. The molecule has 0 radical (unpaired) electrons. The molecule has 4 aromatic rings. The second kappa shape index (κ2) is 11.3. The number of rotatable bonds is 7. The Morgan fingerprint density at radius 2 is 1.76 bits per heavy atom. The largest absolute Gasteiger partial charge is 0.478 e. The lowest BCUT2D eigenvalue weighted by Crippen LogP contribution is -2.29. The summed E-state index contributed by atoms with van der Waals surface area (Å²) in [5.41, 5.74) is 6.24. The number of amides is 1. The lowest BCUT2D eigenvalue weighted by Gasteiger charge is -2.28. The van der Waals surface area contributed by atoms with Gasteiger partial charge in [-0.25, -0.2) is 4.79 Å². The van der Waals surface area contributed by atoms with E-state index in [1.165, 1.54) is 0 Å². The van der Waals surface area contributed by atoms with Gasteiger partial charge in [-0.3, -0.25) is 9.78 Å². The lowest BCUT2D eigenvalue weighted by atomic mass is 9.96. The molecule has 2 aromatic carbocycles. The van der Waals surface area contributed by atoms with Gasteiger partial charge in [0.15, 0.2) is 5.11 Å². The van der Waals surface area contributed by atoms with Gasteiger partial charge in [-0.05, 0) is 92.3 Å². The summed E-state index contributed by atoms with van der Waals surface area (Å²) in [5, 5.41) is 16.6. The Balaban J connectivity index is 1.60. The maximum Gasteiger partial charge on any atom is 0.335 e. The highest BCUT2D eigenvalue weighted by molar-refractivity contribution is 7.80. The normalized spacial score (nSPS) is 16.6. The van der Waals surface area contributed by atoms with Crippen LogP contribution in [0.15, 0.2) is 72.9 Å². The maximum atomic E-state index is 12.3. The van der Waals surface area contributed by atoms with Gasteiger partial charge in [-0.1, -0.05) is 31.5 Å². The number of hydrogen-bond acceptors (Lipinski definition) is 4. The summed E-state index contributed by atoms with van der Waals surface area (Å²) in [5.74, 6) is -1.26. The molecule has 1 saturated heterocycles. The Bertz CT molecular complexity index is 1640. The van der Waals surface area contributed by atoms with Crippen molar-refractivity contribution in [1.29, 1.82) is 0 Å². The molecule has 0 spiro atoms. The molecule has 0 bridgehead atoms. The molecule has 41 heavy (non-hydrogen) atoms. The number of pyridine rings is 1. The van der Waals surface area contributed by atoms with E-state index in [4.69, 9.17) is 23.8 Å². The Labute approximate surface area is 249 Å². The number of aromatic carboxylic acids is 1. The van der Waals surface area contributed by atoms with Gasteiger partial charge in [0.1, 0.15) is 0 Å². The van der Waals surface area contributed by atoms with Crippen molar-refractivity contribution in [3.8, 4) is 5.69 Å². The minimum Gasteiger partial charge on any atom is -0.478 e. The van der Waals surface area contributed by atoms with Crippen LogP contribution in [0.4, 0.5) is 11.4 Å². The van der Waals surface area contributed by atoms with E-state index in [9.17, 15) is 14.7 Å². The maximum absolute atomic E-state index is 12.3. The number of carbonyl (C=O) groups excluding carboxylic acids is 1. The van der Waals surface area contributed by atoms with Crippen molar-refractivity contribution in [3.05, 3.63) is 106 Å². The highest BCUT2D eigenvalue weighted by atomic mass is 35.5. The number of nitrogens with one attached hydrogen (secondary N) is 2. The monoisotopic (exact) mass is 587 g/mol. The summed E-state index contributed by atoms with van der Waals surface area (Å²) in [6.07, 6.45) is 1.76. The fraction of sp³-hybridized carbons (Fsp3) is 0.226. The zero-order valence-corrected chi connectivity index (χ0v) is 24.6. The van der Waals surface area contributed by atoms with Crippen molar-refractivity contribution in [2.75, 3.05) is 10.2 Å². The molecule has 1 fully saturated rings. The van der Waals surface area contributed by atoms with Gasteiger partial charge >= 0.3 is 5.97 Å².